The minimum absolute atomic E-state index is 0.141. The van der Waals surface area contributed by atoms with Gasteiger partial charge in [-0.3, -0.25) is 4.79 Å². The summed E-state index contributed by atoms with van der Waals surface area (Å²) in [5, 5.41) is 11.5. The van der Waals surface area contributed by atoms with E-state index in [2.05, 4.69) is 5.32 Å². The zero-order chi connectivity index (χ0) is 15.6. The Morgan fingerprint density at radius 1 is 1.19 bits per heavy atom. The Balaban J connectivity index is 2.38. The molecule has 0 radical (unpaired) electrons. The van der Waals surface area contributed by atoms with E-state index >= 15 is 0 Å². The summed E-state index contributed by atoms with van der Waals surface area (Å²) in [5.74, 6) is -2.83. The van der Waals surface area contributed by atoms with E-state index in [-0.39, 0.29) is 21.8 Å². The smallest absolute Gasteiger partial charge is 0.337 e. The van der Waals surface area contributed by atoms with Crippen LogP contribution in [0, 0.1) is 12.7 Å². The third-order valence-electron chi connectivity index (χ3n) is 2.85. The van der Waals surface area contributed by atoms with Gasteiger partial charge in [0.25, 0.3) is 5.91 Å². The molecule has 0 fully saturated rings. The van der Waals surface area contributed by atoms with E-state index in [1.165, 1.54) is 18.2 Å². The minimum atomic E-state index is -1.33. The summed E-state index contributed by atoms with van der Waals surface area (Å²) in [7, 11) is 0. The van der Waals surface area contributed by atoms with Crippen LogP contribution in [0.5, 0.6) is 0 Å². The Kier molecular flexibility index (Phi) is 4.23. The predicted molar refractivity (Wildman–Crippen MR) is 77.5 cm³/mol. The number of nitrogens with one attached hydrogen (secondary N) is 1. The van der Waals surface area contributed by atoms with Gasteiger partial charge >= 0.3 is 5.97 Å². The highest BCUT2D eigenvalue weighted by Crippen LogP contribution is 2.23. The lowest BCUT2D eigenvalue weighted by atomic mass is 10.1. The van der Waals surface area contributed by atoms with Crippen molar-refractivity contribution in [3.63, 3.8) is 0 Å². The fourth-order valence-electron chi connectivity index (χ4n) is 1.81. The van der Waals surface area contributed by atoms with Gasteiger partial charge in [-0.25, -0.2) is 9.18 Å². The number of carbonyl (C=O) groups excluding carboxylic acids is 1. The SMILES string of the molecule is Cc1ccc(C(=O)Nc2c(F)cccc2C(=O)O)c(Cl)c1. The van der Waals surface area contributed by atoms with E-state index in [4.69, 9.17) is 16.7 Å². The zero-order valence-electron chi connectivity index (χ0n) is 11.0. The molecule has 1 amide bonds. The van der Waals surface area contributed by atoms with Gasteiger partial charge in [0.2, 0.25) is 0 Å². The van der Waals surface area contributed by atoms with Crippen LogP contribution in [-0.4, -0.2) is 17.0 Å². The van der Waals surface area contributed by atoms with Gasteiger partial charge < -0.3 is 10.4 Å². The number of aryl methyl sites for hydroxylation is 1. The molecule has 2 aromatic rings. The molecule has 0 saturated heterocycles. The molecule has 0 bridgehead atoms. The van der Waals surface area contributed by atoms with Crippen LogP contribution in [0.2, 0.25) is 5.02 Å². The molecule has 0 aliphatic rings. The van der Waals surface area contributed by atoms with E-state index in [0.717, 1.165) is 11.6 Å². The van der Waals surface area contributed by atoms with E-state index in [9.17, 15) is 14.0 Å². The van der Waals surface area contributed by atoms with E-state index in [1.54, 1.807) is 12.1 Å². The van der Waals surface area contributed by atoms with E-state index in [0.29, 0.717) is 0 Å². The third kappa shape index (κ3) is 3.20. The summed E-state index contributed by atoms with van der Waals surface area (Å²) >= 11 is 5.96. The minimum Gasteiger partial charge on any atom is -0.478 e. The Morgan fingerprint density at radius 3 is 2.52 bits per heavy atom. The fraction of sp³-hybridized carbons (Fsp3) is 0.0667. The lowest BCUT2D eigenvalue weighted by molar-refractivity contribution is 0.0697. The molecule has 2 N–H and O–H groups in total. The molecular formula is C15H11ClFNO3. The van der Waals surface area contributed by atoms with Crippen LogP contribution in [0.4, 0.5) is 10.1 Å². The average Bonchev–Trinajstić information content (AvgIpc) is 2.40. The van der Waals surface area contributed by atoms with Crippen molar-refractivity contribution in [2.75, 3.05) is 5.32 Å². The molecule has 0 aromatic heterocycles. The van der Waals surface area contributed by atoms with Gasteiger partial charge in [0.15, 0.2) is 0 Å². The maximum absolute atomic E-state index is 13.7. The Hall–Kier alpha value is -2.40. The van der Waals surface area contributed by atoms with Gasteiger partial charge in [0.05, 0.1) is 21.8 Å². The molecule has 0 saturated carbocycles. The molecule has 0 aliphatic heterocycles. The molecule has 0 unspecified atom stereocenters. The van der Waals surface area contributed by atoms with Crippen LogP contribution in [0.3, 0.4) is 0 Å². The first kappa shape index (κ1) is 15.0. The van der Waals surface area contributed by atoms with Gasteiger partial charge in [-0.2, -0.15) is 0 Å². The van der Waals surface area contributed by atoms with Crippen LogP contribution in [-0.2, 0) is 0 Å². The summed E-state index contributed by atoms with van der Waals surface area (Å²) in [4.78, 5) is 23.2. The Morgan fingerprint density at radius 2 is 1.90 bits per heavy atom. The molecule has 0 heterocycles. The van der Waals surface area contributed by atoms with Crippen molar-refractivity contribution in [3.05, 3.63) is 63.9 Å². The first-order valence-electron chi connectivity index (χ1n) is 5.99. The van der Waals surface area contributed by atoms with Gasteiger partial charge in [0, 0.05) is 0 Å². The number of halogens is 2. The first-order valence-corrected chi connectivity index (χ1v) is 6.37. The van der Waals surface area contributed by atoms with Crippen LogP contribution in [0.25, 0.3) is 0 Å². The second kappa shape index (κ2) is 5.93. The number of anilines is 1. The number of aromatic carboxylic acids is 1. The summed E-state index contributed by atoms with van der Waals surface area (Å²) in [6, 6.07) is 8.30. The molecule has 0 atom stereocenters. The topological polar surface area (TPSA) is 66.4 Å². The second-order valence-electron chi connectivity index (χ2n) is 4.40. The van der Waals surface area contributed by atoms with Crippen molar-refractivity contribution in [3.8, 4) is 0 Å². The molecule has 2 aromatic carbocycles. The number of rotatable bonds is 3. The summed E-state index contributed by atoms with van der Waals surface area (Å²) < 4.78 is 13.7. The Labute approximate surface area is 125 Å². The van der Waals surface area contributed by atoms with Crippen molar-refractivity contribution in [2.24, 2.45) is 0 Å². The number of benzene rings is 2. The van der Waals surface area contributed by atoms with Crippen molar-refractivity contribution < 1.29 is 19.1 Å². The van der Waals surface area contributed by atoms with E-state index in [1.807, 2.05) is 6.92 Å². The summed E-state index contributed by atoms with van der Waals surface area (Å²) in [5.41, 5.74) is 0.300. The number of para-hydroxylation sites is 1. The highest BCUT2D eigenvalue weighted by Gasteiger charge is 2.18. The van der Waals surface area contributed by atoms with Crippen molar-refractivity contribution >= 4 is 29.2 Å². The van der Waals surface area contributed by atoms with Crippen LogP contribution >= 0.6 is 11.6 Å². The first-order chi connectivity index (χ1) is 9.90. The van der Waals surface area contributed by atoms with Gasteiger partial charge in [0.1, 0.15) is 5.82 Å². The number of hydrogen-bond donors (Lipinski definition) is 2. The predicted octanol–water partition coefficient (Wildman–Crippen LogP) is 3.74. The van der Waals surface area contributed by atoms with Crippen LogP contribution < -0.4 is 5.32 Å². The summed E-state index contributed by atoms with van der Waals surface area (Å²) in [6.07, 6.45) is 0. The van der Waals surface area contributed by atoms with Crippen LogP contribution in [0.15, 0.2) is 36.4 Å². The van der Waals surface area contributed by atoms with Crippen molar-refractivity contribution in [1.29, 1.82) is 0 Å². The lowest BCUT2D eigenvalue weighted by Gasteiger charge is -2.10. The quantitative estimate of drug-likeness (QED) is 0.907. The number of carboxylic acids is 1. The van der Waals surface area contributed by atoms with Gasteiger partial charge in [-0.1, -0.05) is 23.7 Å². The average molecular weight is 308 g/mol. The lowest BCUT2D eigenvalue weighted by Crippen LogP contribution is -2.16. The number of carbonyl (C=O) groups is 2. The highest BCUT2D eigenvalue weighted by atomic mass is 35.5. The van der Waals surface area contributed by atoms with Gasteiger partial charge in [-0.05, 0) is 36.8 Å². The zero-order valence-corrected chi connectivity index (χ0v) is 11.7. The van der Waals surface area contributed by atoms with Crippen LogP contribution in [0.1, 0.15) is 26.3 Å². The highest BCUT2D eigenvalue weighted by molar-refractivity contribution is 6.34. The molecular weight excluding hydrogens is 297 g/mol. The largest absolute Gasteiger partial charge is 0.478 e. The normalized spacial score (nSPS) is 10.2. The standard InChI is InChI=1S/C15H11ClFNO3/c1-8-5-6-9(11(16)7-8)14(19)18-13-10(15(20)21)3-2-4-12(13)17/h2-7H,1H3,(H,18,19)(H,20,21). The number of amides is 1. The third-order valence-corrected chi connectivity index (χ3v) is 3.16. The molecule has 2 rings (SSSR count). The molecule has 0 aliphatic carbocycles. The summed E-state index contributed by atoms with van der Waals surface area (Å²) in [6.45, 7) is 1.81. The van der Waals surface area contributed by atoms with Gasteiger partial charge in [-0.15, -0.1) is 0 Å². The number of hydrogen-bond acceptors (Lipinski definition) is 2. The fourth-order valence-corrected chi connectivity index (χ4v) is 2.14. The van der Waals surface area contributed by atoms with Crippen molar-refractivity contribution in [1.82, 2.24) is 0 Å². The molecule has 4 nitrogen and oxygen atoms in total. The molecule has 6 heteroatoms. The maximum Gasteiger partial charge on any atom is 0.337 e. The molecule has 108 valence electrons. The Bertz CT molecular complexity index is 731. The van der Waals surface area contributed by atoms with E-state index < -0.39 is 17.7 Å². The van der Waals surface area contributed by atoms with Crippen molar-refractivity contribution in [2.45, 2.75) is 6.92 Å². The number of carboxylic acid groups (broad SMARTS) is 1. The second-order valence-corrected chi connectivity index (χ2v) is 4.81. The molecule has 0 spiro atoms. The molecule has 21 heavy (non-hydrogen) atoms. The maximum atomic E-state index is 13.7. The monoisotopic (exact) mass is 307 g/mol.